The third-order valence-corrected chi connectivity index (χ3v) is 4.50. The summed E-state index contributed by atoms with van der Waals surface area (Å²) in [6.07, 6.45) is 0.719. The Morgan fingerprint density at radius 1 is 1.30 bits per heavy atom. The van der Waals surface area contributed by atoms with Crippen LogP contribution in [0.1, 0.15) is 34.1 Å². The van der Waals surface area contributed by atoms with Crippen molar-refractivity contribution in [3.8, 4) is 0 Å². The molecule has 1 aliphatic heterocycles. The summed E-state index contributed by atoms with van der Waals surface area (Å²) in [7, 11) is 2.10. The van der Waals surface area contributed by atoms with Crippen molar-refractivity contribution in [3.05, 3.63) is 29.3 Å². The number of ether oxygens (including phenoxy) is 1. The molecule has 1 aliphatic rings. The lowest BCUT2D eigenvalue weighted by Gasteiger charge is -2.42. The molecule has 0 aliphatic carbocycles. The van der Waals surface area contributed by atoms with Gasteiger partial charge in [0.2, 0.25) is 0 Å². The van der Waals surface area contributed by atoms with Crippen molar-refractivity contribution in [1.29, 1.82) is 0 Å². The van der Waals surface area contributed by atoms with Crippen LogP contribution < -0.4 is 4.90 Å². The lowest BCUT2D eigenvalue weighted by Crippen LogP contribution is -2.51. The molecule has 0 bridgehead atoms. The van der Waals surface area contributed by atoms with Gasteiger partial charge in [-0.2, -0.15) is 0 Å². The normalized spacial score (nSPS) is 21.9. The number of benzene rings is 1. The molecule has 5 heteroatoms. The fraction of sp³-hybridized carbons (Fsp3) is 0.611. The summed E-state index contributed by atoms with van der Waals surface area (Å²) in [6.45, 7) is 9.33. The lowest BCUT2D eigenvalue weighted by atomic mass is 9.92. The minimum atomic E-state index is -0.447. The lowest BCUT2D eigenvalue weighted by molar-refractivity contribution is 0.0156. The first-order valence-corrected chi connectivity index (χ1v) is 8.51. The van der Waals surface area contributed by atoms with E-state index in [1.165, 1.54) is 0 Å². The van der Waals surface area contributed by atoms with Gasteiger partial charge in [0.25, 0.3) is 0 Å². The fourth-order valence-electron chi connectivity index (χ4n) is 3.07. The minimum Gasteiger partial charge on any atom is -0.444 e. The number of carbonyl (C=O) groups is 1. The van der Waals surface area contributed by atoms with Crippen LogP contribution in [0.5, 0.6) is 0 Å². The zero-order chi connectivity index (χ0) is 17.2. The number of rotatable bonds is 2. The highest BCUT2D eigenvalue weighted by Crippen LogP contribution is 2.27. The Hall–Kier alpha value is -1.42. The zero-order valence-electron chi connectivity index (χ0n) is 14.7. The van der Waals surface area contributed by atoms with E-state index >= 15 is 0 Å². The van der Waals surface area contributed by atoms with Crippen LogP contribution in [0, 0.1) is 5.92 Å². The Morgan fingerprint density at radius 2 is 1.91 bits per heavy atom. The van der Waals surface area contributed by atoms with Crippen molar-refractivity contribution < 1.29 is 9.53 Å². The minimum absolute atomic E-state index is 0.211. The second-order valence-corrected chi connectivity index (χ2v) is 7.78. The number of amides is 1. The molecule has 0 unspecified atom stereocenters. The Bertz CT molecular complexity index is 539. The Morgan fingerprint density at radius 3 is 2.43 bits per heavy atom. The molecule has 0 N–H and O–H groups in total. The molecule has 23 heavy (non-hydrogen) atoms. The summed E-state index contributed by atoms with van der Waals surface area (Å²) < 4.78 is 5.48. The third kappa shape index (κ3) is 4.77. The van der Waals surface area contributed by atoms with E-state index in [0.29, 0.717) is 12.0 Å². The molecular weight excluding hydrogens is 312 g/mol. The summed E-state index contributed by atoms with van der Waals surface area (Å²) in [5.41, 5.74) is 0.703. The second-order valence-electron chi connectivity index (χ2n) is 7.35. The number of halogens is 1. The maximum atomic E-state index is 12.2. The smallest absolute Gasteiger partial charge is 0.410 e. The van der Waals surface area contributed by atoms with Crippen molar-refractivity contribution in [1.82, 2.24) is 4.90 Å². The first-order valence-electron chi connectivity index (χ1n) is 8.13. The Balaban J connectivity index is 1.98. The standard InChI is InChI=1S/C18H27ClN2O2/c1-13-12-21(17(22)23-18(2,3)4)11-10-16(13)20(5)15-8-6-14(19)7-9-15/h6-9,13,16H,10-12H2,1-5H3/t13-,16+/m0/s1. The van der Waals surface area contributed by atoms with E-state index in [9.17, 15) is 4.79 Å². The topological polar surface area (TPSA) is 32.8 Å². The Kier molecular flexibility index (Phi) is 5.45. The molecule has 1 fully saturated rings. The average molecular weight is 339 g/mol. The largest absolute Gasteiger partial charge is 0.444 e. The number of hydrogen-bond donors (Lipinski definition) is 0. The van der Waals surface area contributed by atoms with Gasteiger partial charge in [0.1, 0.15) is 5.60 Å². The number of anilines is 1. The van der Waals surface area contributed by atoms with Crippen molar-refractivity contribution in [2.45, 2.75) is 45.8 Å². The van der Waals surface area contributed by atoms with Crippen molar-refractivity contribution in [2.75, 3.05) is 25.0 Å². The van der Waals surface area contributed by atoms with Crippen LogP contribution >= 0.6 is 11.6 Å². The van der Waals surface area contributed by atoms with Gasteiger partial charge in [0.15, 0.2) is 0 Å². The number of hydrogen-bond acceptors (Lipinski definition) is 3. The molecular formula is C18H27ClN2O2. The summed E-state index contributed by atoms with van der Waals surface area (Å²) >= 11 is 5.96. The fourth-order valence-corrected chi connectivity index (χ4v) is 3.19. The van der Waals surface area contributed by atoms with E-state index in [-0.39, 0.29) is 6.09 Å². The van der Waals surface area contributed by atoms with Crippen LogP contribution in [0.25, 0.3) is 0 Å². The molecule has 0 spiro atoms. The average Bonchev–Trinajstić information content (AvgIpc) is 2.45. The summed E-state index contributed by atoms with van der Waals surface area (Å²) in [4.78, 5) is 16.3. The highest BCUT2D eigenvalue weighted by atomic mass is 35.5. The van der Waals surface area contributed by atoms with Crippen molar-refractivity contribution in [2.24, 2.45) is 5.92 Å². The van der Waals surface area contributed by atoms with Gasteiger partial charge in [-0.3, -0.25) is 0 Å². The highest BCUT2D eigenvalue weighted by molar-refractivity contribution is 6.30. The summed E-state index contributed by atoms with van der Waals surface area (Å²) in [5, 5.41) is 0.745. The molecule has 0 saturated carbocycles. The predicted octanol–water partition coefficient (Wildman–Crippen LogP) is 4.42. The Labute approximate surface area is 144 Å². The van der Waals surface area contributed by atoms with E-state index in [0.717, 1.165) is 30.2 Å². The summed E-state index contributed by atoms with van der Waals surface area (Å²) in [5.74, 6) is 0.372. The van der Waals surface area contributed by atoms with Gasteiger partial charge >= 0.3 is 6.09 Å². The first-order chi connectivity index (χ1) is 10.7. The van der Waals surface area contributed by atoms with E-state index < -0.39 is 5.60 Å². The van der Waals surface area contributed by atoms with Crippen LogP contribution in [-0.2, 0) is 4.74 Å². The number of piperidine rings is 1. The molecule has 4 nitrogen and oxygen atoms in total. The van der Waals surface area contributed by atoms with Gasteiger partial charge in [0, 0.05) is 36.9 Å². The van der Waals surface area contributed by atoms with E-state index in [1.807, 2.05) is 49.9 Å². The molecule has 1 heterocycles. The van der Waals surface area contributed by atoms with E-state index in [4.69, 9.17) is 16.3 Å². The van der Waals surface area contributed by atoms with Crippen LogP contribution in [-0.4, -0.2) is 42.8 Å². The van der Waals surface area contributed by atoms with E-state index in [2.05, 4.69) is 18.9 Å². The SMILES string of the molecule is C[C@H]1CN(C(=O)OC(C)(C)C)CC[C@H]1N(C)c1ccc(Cl)cc1. The maximum Gasteiger partial charge on any atom is 0.410 e. The molecule has 1 saturated heterocycles. The van der Waals surface area contributed by atoms with Crippen molar-refractivity contribution in [3.63, 3.8) is 0 Å². The number of nitrogens with zero attached hydrogens (tertiary/aromatic N) is 2. The first kappa shape index (κ1) is 17.9. The van der Waals surface area contributed by atoms with Crippen LogP contribution in [0.15, 0.2) is 24.3 Å². The molecule has 0 aromatic heterocycles. The molecule has 1 amide bonds. The van der Waals surface area contributed by atoms with E-state index in [1.54, 1.807) is 0 Å². The third-order valence-electron chi connectivity index (χ3n) is 4.24. The number of likely N-dealkylation sites (tertiary alicyclic amines) is 1. The van der Waals surface area contributed by atoms with Gasteiger partial charge in [-0.05, 0) is 57.4 Å². The van der Waals surface area contributed by atoms with Gasteiger partial charge in [0.05, 0.1) is 0 Å². The molecule has 1 aromatic rings. The second kappa shape index (κ2) is 7.00. The molecule has 128 valence electrons. The van der Waals surface area contributed by atoms with Gasteiger partial charge in [-0.1, -0.05) is 18.5 Å². The van der Waals surface area contributed by atoms with Gasteiger partial charge < -0.3 is 14.5 Å². The quantitative estimate of drug-likeness (QED) is 0.800. The summed E-state index contributed by atoms with van der Waals surface area (Å²) in [6, 6.07) is 8.29. The van der Waals surface area contributed by atoms with Crippen LogP contribution in [0.2, 0.25) is 5.02 Å². The monoisotopic (exact) mass is 338 g/mol. The maximum absolute atomic E-state index is 12.2. The van der Waals surface area contributed by atoms with Crippen LogP contribution in [0.4, 0.5) is 10.5 Å². The number of carbonyl (C=O) groups excluding carboxylic acids is 1. The molecule has 2 rings (SSSR count). The van der Waals surface area contributed by atoms with Crippen molar-refractivity contribution >= 4 is 23.4 Å². The van der Waals surface area contributed by atoms with Gasteiger partial charge in [-0.25, -0.2) is 4.79 Å². The van der Waals surface area contributed by atoms with Crippen LogP contribution in [0.3, 0.4) is 0 Å². The molecule has 0 radical (unpaired) electrons. The predicted molar refractivity (Wildman–Crippen MR) is 95.2 cm³/mol. The molecule has 1 aromatic carbocycles. The highest BCUT2D eigenvalue weighted by Gasteiger charge is 2.33. The zero-order valence-corrected chi connectivity index (χ0v) is 15.4. The van der Waals surface area contributed by atoms with Gasteiger partial charge in [-0.15, -0.1) is 0 Å². The molecule has 2 atom stereocenters.